The van der Waals surface area contributed by atoms with Crippen molar-refractivity contribution in [1.82, 2.24) is 9.55 Å². The predicted octanol–water partition coefficient (Wildman–Crippen LogP) is 1.96. The molecule has 0 aromatic carbocycles. The Morgan fingerprint density at radius 1 is 1.52 bits per heavy atom. The highest BCUT2D eigenvalue weighted by molar-refractivity contribution is 5.68. The Kier molecular flexibility index (Phi) is 4.65. The lowest BCUT2D eigenvalue weighted by atomic mass is 9.66. The van der Waals surface area contributed by atoms with Crippen LogP contribution in [-0.2, 0) is 11.3 Å². The first-order chi connectivity index (χ1) is 9.92. The molecule has 1 heterocycles. The van der Waals surface area contributed by atoms with E-state index in [2.05, 4.69) is 24.1 Å². The molecule has 2 N–H and O–H groups in total. The zero-order valence-electron chi connectivity index (χ0n) is 12.6. The van der Waals surface area contributed by atoms with E-state index < -0.39 is 5.97 Å². The van der Waals surface area contributed by atoms with Crippen molar-refractivity contribution in [2.45, 2.75) is 46.1 Å². The number of hydrogen-bond acceptors (Lipinski definition) is 4. The van der Waals surface area contributed by atoms with Crippen molar-refractivity contribution in [2.24, 2.45) is 11.3 Å². The van der Waals surface area contributed by atoms with Gasteiger partial charge in [-0.05, 0) is 24.2 Å². The van der Waals surface area contributed by atoms with Gasteiger partial charge in [-0.2, -0.15) is 0 Å². The van der Waals surface area contributed by atoms with Crippen LogP contribution in [0.25, 0.3) is 0 Å². The molecule has 1 aromatic rings. The van der Waals surface area contributed by atoms with E-state index in [9.17, 15) is 9.59 Å². The van der Waals surface area contributed by atoms with Crippen LogP contribution in [0.15, 0.2) is 17.2 Å². The first-order valence-electron chi connectivity index (χ1n) is 7.43. The number of nitrogens with one attached hydrogen (secondary N) is 1. The third-order valence-corrected chi connectivity index (χ3v) is 4.05. The molecular formula is C15H23N3O3. The molecule has 0 bridgehead atoms. The van der Waals surface area contributed by atoms with E-state index in [1.54, 1.807) is 17.0 Å². The maximum Gasteiger partial charge on any atom is 0.303 e. The normalized spacial score (nSPS) is 16.5. The number of aromatic nitrogens is 2. The summed E-state index contributed by atoms with van der Waals surface area (Å²) < 4.78 is 1.64. The fourth-order valence-electron chi connectivity index (χ4n) is 2.79. The second-order valence-electron chi connectivity index (χ2n) is 6.40. The van der Waals surface area contributed by atoms with E-state index in [0.717, 1.165) is 19.3 Å². The van der Waals surface area contributed by atoms with Crippen LogP contribution in [0.5, 0.6) is 0 Å². The SMILES string of the molecule is CC(C)Cn1ccnc(NCC2(CC(=O)O)CCC2)c1=O. The van der Waals surface area contributed by atoms with Crippen LogP contribution in [0.2, 0.25) is 0 Å². The van der Waals surface area contributed by atoms with Crippen molar-refractivity contribution in [2.75, 3.05) is 11.9 Å². The fourth-order valence-corrected chi connectivity index (χ4v) is 2.79. The molecule has 1 fully saturated rings. The number of carboxylic acids is 1. The van der Waals surface area contributed by atoms with Crippen LogP contribution >= 0.6 is 0 Å². The molecule has 1 aliphatic carbocycles. The number of carbonyl (C=O) groups is 1. The Labute approximate surface area is 124 Å². The molecule has 6 heteroatoms. The highest BCUT2D eigenvalue weighted by Gasteiger charge is 2.39. The van der Waals surface area contributed by atoms with Gasteiger partial charge in [0, 0.05) is 25.5 Å². The van der Waals surface area contributed by atoms with Gasteiger partial charge in [-0.1, -0.05) is 20.3 Å². The summed E-state index contributed by atoms with van der Waals surface area (Å²) in [7, 11) is 0. The molecule has 6 nitrogen and oxygen atoms in total. The predicted molar refractivity (Wildman–Crippen MR) is 80.4 cm³/mol. The van der Waals surface area contributed by atoms with Crippen LogP contribution < -0.4 is 10.9 Å². The topological polar surface area (TPSA) is 84.2 Å². The largest absolute Gasteiger partial charge is 0.481 e. The second-order valence-corrected chi connectivity index (χ2v) is 6.40. The minimum absolute atomic E-state index is 0.143. The van der Waals surface area contributed by atoms with Gasteiger partial charge in [-0.3, -0.25) is 9.59 Å². The highest BCUT2D eigenvalue weighted by atomic mass is 16.4. The molecule has 1 aliphatic rings. The van der Waals surface area contributed by atoms with Crippen molar-refractivity contribution in [3.63, 3.8) is 0 Å². The van der Waals surface area contributed by atoms with Crippen molar-refractivity contribution in [3.05, 3.63) is 22.7 Å². The quantitative estimate of drug-likeness (QED) is 0.802. The number of nitrogens with zero attached hydrogens (tertiary/aromatic N) is 2. The van der Waals surface area contributed by atoms with E-state index in [4.69, 9.17) is 5.11 Å². The Morgan fingerprint density at radius 2 is 2.24 bits per heavy atom. The lowest BCUT2D eigenvalue weighted by molar-refractivity contribution is -0.141. The van der Waals surface area contributed by atoms with Crippen molar-refractivity contribution >= 4 is 11.8 Å². The van der Waals surface area contributed by atoms with Crippen molar-refractivity contribution in [1.29, 1.82) is 0 Å². The minimum atomic E-state index is -0.783. The molecular weight excluding hydrogens is 270 g/mol. The molecule has 0 saturated heterocycles. The third kappa shape index (κ3) is 3.83. The average molecular weight is 293 g/mol. The standard InChI is InChI=1S/C15H23N3O3/c1-11(2)9-18-7-6-16-13(14(18)21)17-10-15(4-3-5-15)8-12(19)20/h6-7,11H,3-5,8-10H2,1-2H3,(H,16,17)(H,19,20). The van der Waals surface area contributed by atoms with Gasteiger partial charge in [0.05, 0.1) is 6.42 Å². The lowest BCUT2D eigenvalue weighted by Crippen LogP contribution is -2.40. The lowest BCUT2D eigenvalue weighted by Gasteiger charge is -2.40. The summed E-state index contributed by atoms with van der Waals surface area (Å²) in [6, 6.07) is 0. The molecule has 1 saturated carbocycles. The zero-order valence-corrected chi connectivity index (χ0v) is 12.6. The molecule has 0 unspecified atom stereocenters. The van der Waals surface area contributed by atoms with E-state index in [1.165, 1.54) is 0 Å². The van der Waals surface area contributed by atoms with Crippen molar-refractivity contribution in [3.8, 4) is 0 Å². The molecule has 21 heavy (non-hydrogen) atoms. The van der Waals surface area contributed by atoms with Crippen LogP contribution in [0, 0.1) is 11.3 Å². The molecule has 1 aromatic heterocycles. The van der Waals surface area contributed by atoms with E-state index in [0.29, 0.717) is 24.8 Å². The monoisotopic (exact) mass is 293 g/mol. The summed E-state index contributed by atoms with van der Waals surface area (Å²) in [4.78, 5) is 27.3. The Hall–Kier alpha value is -1.85. The molecule has 0 radical (unpaired) electrons. The second kappa shape index (κ2) is 6.28. The van der Waals surface area contributed by atoms with Crippen LogP contribution in [-0.4, -0.2) is 27.2 Å². The summed E-state index contributed by atoms with van der Waals surface area (Å²) in [5.41, 5.74) is -0.366. The van der Waals surface area contributed by atoms with Gasteiger partial charge in [-0.15, -0.1) is 0 Å². The van der Waals surface area contributed by atoms with Gasteiger partial charge in [0.1, 0.15) is 0 Å². The van der Waals surface area contributed by atoms with E-state index >= 15 is 0 Å². The minimum Gasteiger partial charge on any atom is -0.481 e. The molecule has 0 amide bonds. The summed E-state index contributed by atoms with van der Waals surface area (Å²) in [6.45, 7) is 5.25. The summed E-state index contributed by atoms with van der Waals surface area (Å²) in [5, 5.41) is 12.1. The summed E-state index contributed by atoms with van der Waals surface area (Å²) >= 11 is 0. The van der Waals surface area contributed by atoms with Gasteiger partial charge < -0.3 is 15.0 Å². The number of anilines is 1. The number of carboxylic acid groups (broad SMARTS) is 1. The molecule has 0 spiro atoms. The summed E-state index contributed by atoms with van der Waals surface area (Å²) in [6.07, 6.45) is 6.26. The average Bonchev–Trinajstić information content (AvgIpc) is 2.35. The Morgan fingerprint density at radius 3 is 2.76 bits per heavy atom. The maximum absolute atomic E-state index is 12.3. The first-order valence-corrected chi connectivity index (χ1v) is 7.43. The number of aliphatic carboxylic acids is 1. The summed E-state index contributed by atoms with van der Waals surface area (Å²) in [5.74, 6) is -0.0903. The van der Waals surface area contributed by atoms with E-state index in [-0.39, 0.29) is 17.4 Å². The van der Waals surface area contributed by atoms with Gasteiger partial charge >= 0.3 is 5.97 Å². The van der Waals surface area contributed by atoms with Gasteiger partial charge in [0.25, 0.3) is 5.56 Å². The number of hydrogen-bond donors (Lipinski definition) is 2. The van der Waals surface area contributed by atoms with Crippen LogP contribution in [0.3, 0.4) is 0 Å². The van der Waals surface area contributed by atoms with Crippen molar-refractivity contribution < 1.29 is 9.90 Å². The van der Waals surface area contributed by atoms with Gasteiger partial charge in [0.2, 0.25) is 0 Å². The van der Waals surface area contributed by atoms with E-state index in [1.807, 2.05) is 0 Å². The smallest absolute Gasteiger partial charge is 0.303 e. The number of rotatable bonds is 7. The van der Waals surface area contributed by atoms with Crippen LogP contribution in [0.1, 0.15) is 39.5 Å². The van der Waals surface area contributed by atoms with Gasteiger partial charge in [-0.25, -0.2) is 4.98 Å². The third-order valence-electron chi connectivity index (χ3n) is 4.05. The highest BCUT2D eigenvalue weighted by Crippen LogP contribution is 2.43. The molecule has 0 aliphatic heterocycles. The molecule has 0 atom stereocenters. The Balaban J connectivity index is 2.06. The first kappa shape index (κ1) is 15.5. The molecule has 116 valence electrons. The zero-order chi connectivity index (χ0) is 15.5. The van der Waals surface area contributed by atoms with Gasteiger partial charge in [0.15, 0.2) is 5.82 Å². The van der Waals surface area contributed by atoms with Crippen LogP contribution in [0.4, 0.5) is 5.82 Å². The molecule has 2 rings (SSSR count). The maximum atomic E-state index is 12.3. The fraction of sp³-hybridized carbons (Fsp3) is 0.667. The Bertz CT molecular complexity index is 562.